The smallest absolute Gasteiger partial charge is 0.244 e. The summed E-state index contributed by atoms with van der Waals surface area (Å²) in [6.45, 7) is 6.59. The van der Waals surface area contributed by atoms with Gasteiger partial charge in [-0.25, -0.2) is 0 Å². The molecular formula is C14H22N2O2. The maximum Gasteiger partial charge on any atom is 0.244 e. The summed E-state index contributed by atoms with van der Waals surface area (Å²) in [7, 11) is 0. The highest BCUT2D eigenvalue weighted by molar-refractivity contribution is 5.86. The van der Waals surface area contributed by atoms with E-state index in [-0.39, 0.29) is 12.0 Å². The number of rotatable bonds is 6. The van der Waals surface area contributed by atoms with Gasteiger partial charge < -0.3 is 15.8 Å². The minimum Gasteiger partial charge on any atom is -0.377 e. The van der Waals surface area contributed by atoms with Crippen molar-refractivity contribution < 1.29 is 9.53 Å². The average Bonchev–Trinajstić information content (AvgIpc) is 2.35. The van der Waals surface area contributed by atoms with Gasteiger partial charge >= 0.3 is 0 Å². The number of carbonyl (C=O) groups excluding carboxylic acids is 1. The summed E-state index contributed by atoms with van der Waals surface area (Å²) in [5.74, 6) is -0.193. The average molecular weight is 250 g/mol. The number of carbonyl (C=O) groups is 1. The van der Waals surface area contributed by atoms with Gasteiger partial charge in [0.1, 0.15) is 5.54 Å². The fourth-order valence-electron chi connectivity index (χ4n) is 1.56. The number of nitrogens with two attached hydrogens (primary N) is 1. The van der Waals surface area contributed by atoms with Crippen molar-refractivity contribution in [3.63, 3.8) is 0 Å². The Morgan fingerprint density at radius 1 is 1.39 bits per heavy atom. The third kappa shape index (κ3) is 4.13. The van der Waals surface area contributed by atoms with Gasteiger partial charge in [-0.2, -0.15) is 0 Å². The summed E-state index contributed by atoms with van der Waals surface area (Å²) in [4.78, 5) is 12.0. The van der Waals surface area contributed by atoms with Crippen LogP contribution in [0.3, 0.4) is 0 Å². The number of hydrogen-bond acceptors (Lipinski definition) is 3. The van der Waals surface area contributed by atoms with E-state index in [1.165, 1.54) is 0 Å². The number of benzene rings is 1. The molecule has 18 heavy (non-hydrogen) atoms. The van der Waals surface area contributed by atoms with Gasteiger partial charge in [0.05, 0.1) is 12.7 Å². The van der Waals surface area contributed by atoms with Crippen LogP contribution in [-0.2, 0) is 15.1 Å². The van der Waals surface area contributed by atoms with Crippen molar-refractivity contribution in [1.29, 1.82) is 0 Å². The van der Waals surface area contributed by atoms with E-state index in [0.717, 1.165) is 5.56 Å². The zero-order valence-corrected chi connectivity index (χ0v) is 11.3. The van der Waals surface area contributed by atoms with Crippen LogP contribution < -0.4 is 11.1 Å². The van der Waals surface area contributed by atoms with E-state index < -0.39 is 5.54 Å². The second-order valence-corrected chi connectivity index (χ2v) is 4.74. The predicted molar refractivity (Wildman–Crippen MR) is 72.1 cm³/mol. The van der Waals surface area contributed by atoms with Gasteiger partial charge in [-0.1, -0.05) is 30.3 Å². The molecule has 1 atom stereocenters. The Bertz CT molecular complexity index is 375. The van der Waals surface area contributed by atoms with Gasteiger partial charge in [0.15, 0.2) is 0 Å². The van der Waals surface area contributed by atoms with Crippen LogP contribution in [0.25, 0.3) is 0 Å². The molecule has 0 fully saturated rings. The van der Waals surface area contributed by atoms with E-state index >= 15 is 0 Å². The molecule has 0 aliphatic heterocycles. The Morgan fingerprint density at radius 3 is 2.56 bits per heavy atom. The Kier molecular flexibility index (Phi) is 5.31. The molecule has 1 aromatic carbocycles. The van der Waals surface area contributed by atoms with Crippen molar-refractivity contribution in [2.24, 2.45) is 5.73 Å². The molecule has 0 aliphatic rings. The summed E-state index contributed by atoms with van der Waals surface area (Å²) in [5, 5.41) is 2.79. The lowest BCUT2D eigenvalue weighted by Crippen LogP contribution is -2.49. The Labute approximate surface area is 109 Å². The Morgan fingerprint density at radius 2 is 2.00 bits per heavy atom. The Hall–Kier alpha value is -1.39. The van der Waals surface area contributed by atoms with Crippen molar-refractivity contribution in [2.45, 2.75) is 32.4 Å². The fourth-order valence-corrected chi connectivity index (χ4v) is 1.56. The van der Waals surface area contributed by atoms with Crippen LogP contribution in [0.5, 0.6) is 0 Å². The maximum absolute atomic E-state index is 12.0. The van der Waals surface area contributed by atoms with Crippen molar-refractivity contribution in [3.05, 3.63) is 35.9 Å². The fraction of sp³-hybridized carbons (Fsp3) is 0.500. The van der Waals surface area contributed by atoms with E-state index in [1.54, 1.807) is 6.92 Å². The minimum absolute atomic E-state index is 0.167. The first-order chi connectivity index (χ1) is 8.44. The topological polar surface area (TPSA) is 64.3 Å². The van der Waals surface area contributed by atoms with Gasteiger partial charge in [0.2, 0.25) is 5.91 Å². The predicted octanol–water partition coefficient (Wildman–Crippen LogP) is 1.40. The lowest BCUT2D eigenvalue weighted by molar-refractivity contribution is -0.126. The summed E-state index contributed by atoms with van der Waals surface area (Å²) >= 11 is 0. The molecule has 0 radical (unpaired) electrons. The molecule has 0 spiro atoms. The summed E-state index contributed by atoms with van der Waals surface area (Å²) in [6, 6.07) is 9.34. The van der Waals surface area contributed by atoms with E-state index in [2.05, 4.69) is 5.32 Å². The van der Waals surface area contributed by atoms with Crippen molar-refractivity contribution >= 4 is 5.91 Å². The SMILES string of the molecule is CC(C)OCCNC(=O)C(C)(N)c1ccccc1. The van der Waals surface area contributed by atoms with Crippen LogP contribution in [0.2, 0.25) is 0 Å². The molecule has 1 amide bonds. The standard InChI is InChI=1S/C14H22N2O2/c1-11(2)18-10-9-16-13(17)14(3,15)12-7-5-4-6-8-12/h4-8,11H,9-10,15H2,1-3H3,(H,16,17). The van der Waals surface area contributed by atoms with Crippen molar-refractivity contribution in [1.82, 2.24) is 5.32 Å². The third-order valence-electron chi connectivity index (χ3n) is 2.68. The monoisotopic (exact) mass is 250 g/mol. The molecule has 100 valence electrons. The number of nitrogens with one attached hydrogen (secondary N) is 1. The van der Waals surface area contributed by atoms with E-state index in [4.69, 9.17) is 10.5 Å². The van der Waals surface area contributed by atoms with E-state index in [1.807, 2.05) is 44.2 Å². The van der Waals surface area contributed by atoms with Gasteiger partial charge in [-0.3, -0.25) is 4.79 Å². The highest BCUT2D eigenvalue weighted by Gasteiger charge is 2.29. The quantitative estimate of drug-likeness (QED) is 0.750. The van der Waals surface area contributed by atoms with Crippen molar-refractivity contribution in [2.75, 3.05) is 13.2 Å². The first kappa shape index (κ1) is 14.7. The molecular weight excluding hydrogens is 228 g/mol. The molecule has 1 rings (SSSR count). The molecule has 0 bridgehead atoms. The molecule has 0 aliphatic carbocycles. The van der Waals surface area contributed by atoms with Gasteiger partial charge in [-0.15, -0.1) is 0 Å². The summed E-state index contributed by atoms with van der Waals surface area (Å²) in [5.41, 5.74) is 5.85. The minimum atomic E-state index is -1.01. The largest absolute Gasteiger partial charge is 0.377 e. The summed E-state index contributed by atoms with van der Waals surface area (Å²) in [6.07, 6.45) is 0.167. The molecule has 1 unspecified atom stereocenters. The number of ether oxygens (including phenoxy) is 1. The lowest BCUT2D eigenvalue weighted by Gasteiger charge is -2.24. The molecule has 4 nitrogen and oxygen atoms in total. The van der Waals surface area contributed by atoms with Crippen LogP contribution in [0, 0.1) is 0 Å². The molecule has 0 aromatic heterocycles. The lowest BCUT2D eigenvalue weighted by atomic mass is 9.92. The molecule has 3 N–H and O–H groups in total. The second kappa shape index (κ2) is 6.52. The van der Waals surface area contributed by atoms with Gasteiger partial charge in [-0.05, 0) is 26.3 Å². The second-order valence-electron chi connectivity index (χ2n) is 4.74. The zero-order valence-electron chi connectivity index (χ0n) is 11.3. The van der Waals surface area contributed by atoms with Gasteiger partial charge in [0.25, 0.3) is 0 Å². The van der Waals surface area contributed by atoms with Crippen LogP contribution in [-0.4, -0.2) is 25.2 Å². The highest BCUT2D eigenvalue weighted by atomic mass is 16.5. The molecule has 1 aromatic rings. The van der Waals surface area contributed by atoms with E-state index in [0.29, 0.717) is 13.2 Å². The number of hydrogen-bond donors (Lipinski definition) is 2. The first-order valence-corrected chi connectivity index (χ1v) is 6.19. The van der Waals surface area contributed by atoms with Crippen LogP contribution in [0.15, 0.2) is 30.3 Å². The Balaban J connectivity index is 2.50. The van der Waals surface area contributed by atoms with Gasteiger partial charge in [0, 0.05) is 6.54 Å². The normalized spacial score (nSPS) is 14.3. The molecule has 0 heterocycles. The summed E-state index contributed by atoms with van der Waals surface area (Å²) < 4.78 is 5.36. The zero-order chi connectivity index (χ0) is 13.6. The highest BCUT2D eigenvalue weighted by Crippen LogP contribution is 2.16. The van der Waals surface area contributed by atoms with Crippen LogP contribution in [0.1, 0.15) is 26.3 Å². The van der Waals surface area contributed by atoms with Crippen molar-refractivity contribution in [3.8, 4) is 0 Å². The molecule has 0 saturated carbocycles. The third-order valence-corrected chi connectivity index (χ3v) is 2.68. The van der Waals surface area contributed by atoms with Crippen LogP contribution >= 0.6 is 0 Å². The van der Waals surface area contributed by atoms with Crippen LogP contribution in [0.4, 0.5) is 0 Å². The molecule has 4 heteroatoms. The first-order valence-electron chi connectivity index (χ1n) is 6.19. The van der Waals surface area contributed by atoms with E-state index in [9.17, 15) is 4.79 Å². The maximum atomic E-state index is 12.0. The molecule has 0 saturated heterocycles. The number of amides is 1.